The number of phenols is 1. The van der Waals surface area contributed by atoms with Gasteiger partial charge >= 0.3 is 0 Å². The van der Waals surface area contributed by atoms with Crippen molar-refractivity contribution < 1.29 is 38.4 Å². The molecule has 1 fully saturated rings. The molecule has 1 saturated heterocycles. The lowest BCUT2D eigenvalue weighted by Gasteiger charge is -2.25. The van der Waals surface area contributed by atoms with Gasteiger partial charge in [-0.25, -0.2) is 0 Å². The molecule has 0 spiro atoms. The molecule has 0 saturated carbocycles. The van der Waals surface area contributed by atoms with Crippen LogP contribution in [-0.2, 0) is 16.1 Å². The Morgan fingerprint density at radius 3 is 2.63 bits per heavy atom. The number of amides is 1. The van der Waals surface area contributed by atoms with Crippen molar-refractivity contribution in [2.45, 2.75) is 12.6 Å². The fraction of sp³-hybridized carbons (Fsp3) is 0.200. The summed E-state index contributed by atoms with van der Waals surface area (Å²) in [6.07, 6.45) is 1.47. The number of methoxy groups -OCH3 is 1. The van der Waals surface area contributed by atoms with Crippen LogP contribution in [0.1, 0.15) is 22.9 Å². The van der Waals surface area contributed by atoms with Crippen molar-refractivity contribution in [3.05, 3.63) is 75.7 Å². The molecule has 0 aliphatic carbocycles. The lowest BCUT2D eigenvalue weighted by atomic mass is 9.94. The van der Waals surface area contributed by atoms with Crippen LogP contribution in [0, 0.1) is 0 Å². The minimum Gasteiger partial charge on any atom is -0.507 e. The molecule has 180 valence electrons. The summed E-state index contributed by atoms with van der Waals surface area (Å²) in [6.45, 7) is 0.751. The number of fused-ring (bicyclic) bond motifs is 1. The number of halogens is 1. The highest BCUT2D eigenvalue weighted by molar-refractivity contribution is 9.10. The lowest BCUT2D eigenvalue weighted by Crippen LogP contribution is -2.29. The van der Waals surface area contributed by atoms with Gasteiger partial charge in [0.2, 0.25) is 0 Å². The SMILES string of the molecule is COc1cc(C2C(=C(O)c3ccc4c(c3)OCCO4)C(=O)C(=O)N2Cc2ccco2)cc(Br)c1O. The lowest BCUT2D eigenvalue weighted by molar-refractivity contribution is -0.140. The number of Topliss-reactive ketones (excluding diaryl/α,β-unsaturated/α-hetero) is 1. The van der Waals surface area contributed by atoms with Crippen molar-refractivity contribution in [2.24, 2.45) is 0 Å². The first-order valence-electron chi connectivity index (χ1n) is 10.7. The fourth-order valence-electron chi connectivity index (χ4n) is 4.21. The summed E-state index contributed by atoms with van der Waals surface area (Å²) in [7, 11) is 1.39. The van der Waals surface area contributed by atoms with Crippen LogP contribution in [0.15, 0.2) is 63.2 Å². The Labute approximate surface area is 208 Å². The highest BCUT2D eigenvalue weighted by atomic mass is 79.9. The number of aliphatic hydroxyl groups excluding tert-OH is 1. The van der Waals surface area contributed by atoms with E-state index in [1.807, 2.05) is 0 Å². The molecule has 35 heavy (non-hydrogen) atoms. The number of furan rings is 1. The van der Waals surface area contributed by atoms with Crippen molar-refractivity contribution in [3.63, 3.8) is 0 Å². The summed E-state index contributed by atoms with van der Waals surface area (Å²) in [6, 6.07) is 10.3. The largest absolute Gasteiger partial charge is 0.507 e. The van der Waals surface area contributed by atoms with Crippen molar-refractivity contribution in [2.75, 3.05) is 20.3 Å². The Bertz CT molecular complexity index is 1350. The zero-order chi connectivity index (χ0) is 24.7. The van der Waals surface area contributed by atoms with E-state index in [4.69, 9.17) is 18.6 Å². The van der Waals surface area contributed by atoms with E-state index in [9.17, 15) is 19.8 Å². The Balaban J connectivity index is 1.68. The van der Waals surface area contributed by atoms with Crippen LogP contribution in [0.5, 0.6) is 23.0 Å². The molecule has 1 aromatic heterocycles. The second-order valence-corrected chi connectivity index (χ2v) is 8.77. The normalized spacial score (nSPS) is 18.7. The van der Waals surface area contributed by atoms with E-state index in [1.54, 1.807) is 36.4 Å². The van der Waals surface area contributed by atoms with Crippen molar-refractivity contribution >= 4 is 33.4 Å². The summed E-state index contributed by atoms with van der Waals surface area (Å²) in [5.74, 6) is -0.601. The Hall–Kier alpha value is -3.92. The van der Waals surface area contributed by atoms with Gasteiger partial charge in [-0.1, -0.05) is 0 Å². The van der Waals surface area contributed by atoms with Crippen molar-refractivity contribution in [3.8, 4) is 23.0 Å². The number of benzene rings is 2. The number of carbonyl (C=O) groups excluding carboxylic acids is 2. The Morgan fingerprint density at radius 1 is 1.14 bits per heavy atom. The maximum atomic E-state index is 13.2. The molecular formula is C25H20BrNO8. The Morgan fingerprint density at radius 2 is 1.91 bits per heavy atom. The number of hydrogen-bond donors (Lipinski definition) is 2. The van der Waals surface area contributed by atoms with Gasteiger partial charge < -0.3 is 33.7 Å². The summed E-state index contributed by atoms with van der Waals surface area (Å²) in [4.78, 5) is 27.7. The zero-order valence-electron chi connectivity index (χ0n) is 18.5. The molecule has 2 aromatic carbocycles. The van der Waals surface area contributed by atoms with E-state index in [1.165, 1.54) is 24.3 Å². The maximum Gasteiger partial charge on any atom is 0.296 e. The molecule has 0 radical (unpaired) electrons. The van der Waals surface area contributed by atoms with Crippen LogP contribution in [-0.4, -0.2) is 47.1 Å². The number of hydrogen-bond acceptors (Lipinski definition) is 8. The molecule has 9 nitrogen and oxygen atoms in total. The molecular weight excluding hydrogens is 522 g/mol. The number of aromatic hydroxyl groups is 1. The molecule has 0 bridgehead atoms. The molecule has 3 aromatic rings. The summed E-state index contributed by atoms with van der Waals surface area (Å²) in [5, 5.41) is 21.6. The zero-order valence-corrected chi connectivity index (χ0v) is 20.1. The first-order valence-corrected chi connectivity index (χ1v) is 11.5. The third-order valence-corrected chi connectivity index (χ3v) is 6.45. The number of ether oxygens (including phenoxy) is 3. The second-order valence-electron chi connectivity index (χ2n) is 7.92. The highest BCUT2D eigenvalue weighted by Crippen LogP contribution is 2.45. The third-order valence-electron chi connectivity index (χ3n) is 5.85. The average Bonchev–Trinajstić information content (AvgIpc) is 3.47. The predicted octanol–water partition coefficient (Wildman–Crippen LogP) is 4.15. The molecule has 2 N–H and O–H groups in total. The van der Waals surface area contributed by atoms with Crippen LogP contribution in [0.25, 0.3) is 5.76 Å². The molecule has 1 unspecified atom stereocenters. The number of phenolic OH excluding ortho intramolecular Hbond substituents is 1. The minimum absolute atomic E-state index is 0.0129. The number of nitrogens with zero attached hydrogens (tertiary/aromatic N) is 1. The molecule has 5 rings (SSSR count). The average molecular weight is 542 g/mol. The molecule has 1 amide bonds. The van der Waals surface area contributed by atoms with E-state index >= 15 is 0 Å². The van der Waals surface area contributed by atoms with Gasteiger partial charge in [-0.3, -0.25) is 9.59 Å². The van der Waals surface area contributed by atoms with E-state index in [0.29, 0.717) is 46.1 Å². The fourth-order valence-corrected chi connectivity index (χ4v) is 4.67. The number of ketones is 1. The van der Waals surface area contributed by atoms with Crippen LogP contribution < -0.4 is 14.2 Å². The van der Waals surface area contributed by atoms with Gasteiger partial charge in [0.15, 0.2) is 23.0 Å². The van der Waals surface area contributed by atoms with E-state index in [-0.39, 0.29) is 29.4 Å². The van der Waals surface area contributed by atoms with Gasteiger partial charge in [0.25, 0.3) is 11.7 Å². The predicted molar refractivity (Wildman–Crippen MR) is 126 cm³/mol. The topological polar surface area (TPSA) is 119 Å². The van der Waals surface area contributed by atoms with Gasteiger partial charge in [0, 0.05) is 5.56 Å². The molecule has 2 aliphatic heterocycles. The number of carbonyl (C=O) groups is 2. The van der Waals surface area contributed by atoms with E-state index in [2.05, 4.69) is 15.9 Å². The smallest absolute Gasteiger partial charge is 0.296 e. The molecule has 1 atom stereocenters. The van der Waals surface area contributed by atoms with Crippen LogP contribution >= 0.6 is 15.9 Å². The number of likely N-dealkylation sites (tertiary alicyclic amines) is 1. The summed E-state index contributed by atoms with van der Waals surface area (Å²) in [5.41, 5.74) is 0.620. The minimum atomic E-state index is -0.987. The Kier molecular flexibility index (Phi) is 5.89. The monoisotopic (exact) mass is 541 g/mol. The first kappa shape index (κ1) is 22.9. The van der Waals surface area contributed by atoms with E-state index < -0.39 is 17.7 Å². The van der Waals surface area contributed by atoms with Gasteiger partial charge in [0.1, 0.15) is 24.7 Å². The first-order chi connectivity index (χ1) is 16.9. The summed E-state index contributed by atoms with van der Waals surface area (Å²) >= 11 is 3.29. The van der Waals surface area contributed by atoms with Crippen molar-refractivity contribution in [1.82, 2.24) is 4.90 Å². The van der Waals surface area contributed by atoms with Crippen LogP contribution in [0.2, 0.25) is 0 Å². The second kappa shape index (κ2) is 9.03. The van der Waals surface area contributed by atoms with Gasteiger partial charge in [-0.05, 0) is 64.0 Å². The van der Waals surface area contributed by atoms with Crippen LogP contribution in [0.4, 0.5) is 0 Å². The standard InChI is InChI=1S/C25H20BrNO8/c1-32-19-11-14(9-16(26)23(19)29)21-20(24(30)25(31)27(21)12-15-3-2-6-33-15)22(28)13-4-5-17-18(10-13)35-8-7-34-17/h2-6,9-11,21,28-29H,7-8,12H2,1H3. The maximum absolute atomic E-state index is 13.2. The molecule has 10 heteroatoms. The van der Waals surface area contributed by atoms with Crippen LogP contribution in [0.3, 0.4) is 0 Å². The quantitative estimate of drug-likeness (QED) is 0.281. The highest BCUT2D eigenvalue weighted by Gasteiger charge is 2.47. The van der Waals surface area contributed by atoms with Gasteiger partial charge in [0.05, 0.1) is 36.0 Å². The van der Waals surface area contributed by atoms with Crippen molar-refractivity contribution in [1.29, 1.82) is 0 Å². The summed E-state index contributed by atoms with van der Waals surface area (Å²) < 4.78 is 22.1. The number of rotatable bonds is 5. The van der Waals surface area contributed by atoms with E-state index in [0.717, 1.165) is 0 Å². The third kappa shape index (κ3) is 3.99. The van der Waals surface area contributed by atoms with Gasteiger partial charge in [-0.15, -0.1) is 0 Å². The van der Waals surface area contributed by atoms with Gasteiger partial charge in [-0.2, -0.15) is 0 Å². The number of aliphatic hydroxyl groups is 1. The molecule has 2 aliphatic rings. The molecule has 3 heterocycles.